The van der Waals surface area contributed by atoms with Crippen molar-refractivity contribution in [3.05, 3.63) is 53.8 Å². The highest BCUT2D eigenvalue weighted by atomic mass is 32.2. The summed E-state index contributed by atoms with van der Waals surface area (Å²) in [5.41, 5.74) is 2.44. The molecule has 2 aromatic carbocycles. The summed E-state index contributed by atoms with van der Waals surface area (Å²) in [5, 5.41) is 0. The van der Waals surface area contributed by atoms with E-state index >= 15 is 0 Å². The summed E-state index contributed by atoms with van der Waals surface area (Å²) in [5.74, 6) is -0.473. The van der Waals surface area contributed by atoms with E-state index in [0.717, 1.165) is 23.4 Å². The van der Waals surface area contributed by atoms with Crippen molar-refractivity contribution >= 4 is 21.4 Å². The molecule has 0 bridgehead atoms. The van der Waals surface area contributed by atoms with E-state index in [-0.39, 0.29) is 4.90 Å². The molecule has 0 aromatic heterocycles. The minimum atomic E-state index is -3.72. The van der Waals surface area contributed by atoms with Crippen molar-refractivity contribution in [2.24, 2.45) is 0 Å². The lowest BCUT2D eigenvalue weighted by atomic mass is 10.2. The maximum absolute atomic E-state index is 12.9. The van der Waals surface area contributed by atoms with Gasteiger partial charge in [0.15, 0.2) is 0 Å². The first-order valence-corrected chi connectivity index (χ1v) is 7.84. The Morgan fingerprint density at radius 3 is 2.24 bits per heavy atom. The maximum atomic E-state index is 12.9. The molecule has 21 heavy (non-hydrogen) atoms. The third kappa shape index (κ3) is 3.52. The summed E-state index contributed by atoms with van der Waals surface area (Å²) in [4.78, 5) is 1.93. The Morgan fingerprint density at radius 1 is 1.05 bits per heavy atom. The fourth-order valence-electron chi connectivity index (χ4n) is 1.98. The monoisotopic (exact) mass is 308 g/mol. The van der Waals surface area contributed by atoms with Crippen LogP contribution in [0, 0.1) is 12.7 Å². The Hall–Kier alpha value is -2.08. The third-order valence-corrected chi connectivity index (χ3v) is 4.46. The second-order valence-electron chi connectivity index (χ2n) is 4.96. The second kappa shape index (κ2) is 5.73. The van der Waals surface area contributed by atoms with Gasteiger partial charge in [-0.15, -0.1) is 0 Å². The fraction of sp³-hybridized carbons (Fsp3) is 0.200. The average molecular weight is 308 g/mol. The molecule has 0 aliphatic heterocycles. The Morgan fingerprint density at radius 2 is 1.67 bits per heavy atom. The Kier molecular flexibility index (Phi) is 4.18. The van der Waals surface area contributed by atoms with Gasteiger partial charge >= 0.3 is 0 Å². The number of benzene rings is 2. The molecule has 2 aromatic rings. The quantitative estimate of drug-likeness (QED) is 0.944. The van der Waals surface area contributed by atoms with Crippen molar-refractivity contribution in [1.29, 1.82) is 0 Å². The molecule has 0 spiro atoms. The van der Waals surface area contributed by atoms with E-state index < -0.39 is 15.8 Å². The smallest absolute Gasteiger partial charge is 0.261 e. The molecule has 0 unspecified atom stereocenters. The molecule has 0 saturated heterocycles. The van der Waals surface area contributed by atoms with Gasteiger partial charge in [-0.1, -0.05) is 6.07 Å². The first-order valence-electron chi connectivity index (χ1n) is 6.36. The van der Waals surface area contributed by atoms with Crippen LogP contribution in [0.15, 0.2) is 47.4 Å². The van der Waals surface area contributed by atoms with E-state index in [1.807, 2.05) is 32.0 Å². The molecule has 1 N–H and O–H groups in total. The van der Waals surface area contributed by atoms with Crippen LogP contribution in [0.1, 0.15) is 5.56 Å². The molecule has 0 heterocycles. The zero-order valence-electron chi connectivity index (χ0n) is 12.1. The summed E-state index contributed by atoms with van der Waals surface area (Å²) in [6.07, 6.45) is 0. The topological polar surface area (TPSA) is 49.4 Å². The zero-order chi connectivity index (χ0) is 15.6. The fourth-order valence-corrected chi connectivity index (χ4v) is 3.03. The van der Waals surface area contributed by atoms with Crippen LogP contribution < -0.4 is 9.62 Å². The first-order chi connectivity index (χ1) is 9.79. The van der Waals surface area contributed by atoms with Crippen molar-refractivity contribution in [1.82, 2.24) is 0 Å². The Bertz CT molecular complexity index is 741. The molecule has 6 heteroatoms. The van der Waals surface area contributed by atoms with Gasteiger partial charge in [0.25, 0.3) is 10.0 Å². The number of rotatable bonds is 4. The van der Waals surface area contributed by atoms with Crippen LogP contribution in [0.2, 0.25) is 0 Å². The van der Waals surface area contributed by atoms with E-state index in [4.69, 9.17) is 0 Å². The predicted molar refractivity (Wildman–Crippen MR) is 82.7 cm³/mol. The zero-order valence-corrected chi connectivity index (χ0v) is 12.9. The molecule has 0 atom stereocenters. The van der Waals surface area contributed by atoms with Gasteiger partial charge in [-0.05, 0) is 48.9 Å². The van der Waals surface area contributed by atoms with Gasteiger partial charge in [-0.3, -0.25) is 4.72 Å². The molecule has 0 aliphatic carbocycles. The maximum Gasteiger partial charge on any atom is 0.261 e. The second-order valence-corrected chi connectivity index (χ2v) is 6.64. The highest BCUT2D eigenvalue weighted by Crippen LogP contribution is 2.24. The SMILES string of the molecule is Cc1ccc(NS(=O)(=O)c2ccc(F)cc2)cc1N(C)C. The number of sulfonamides is 1. The minimum absolute atomic E-state index is 0.0240. The van der Waals surface area contributed by atoms with Crippen LogP contribution in [0.25, 0.3) is 0 Å². The van der Waals surface area contributed by atoms with Crippen molar-refractivity contribution in [2.45, 2.75) is 11.8 Å². The molecule has 0 fully saturated rings. The van der Waals surface area contributed by atoms with Crippen molar-refractivity contribution < 1.29 is 12.8 Å². The van der Waals surface area contributed by atoms with Gasteiger partial charge in [-0.2, -0.15) is 0 Å². The van der Waals surface area contributed by atoms with Crippen LogP contribution in [-0.2, 0) is 10.0 Å². The number of hydrogen-bond acceptors (Lipinski definition) is 3. The van der Waals surface area contributed by atoms with Crippen LogP contribution in [0.3, 0.4) is 0 Å². The lowest BCUT2D eigenvalue weighted by molar-refractivity contribution is 0.599. The largest absolute Gasteiger partial charge is 0.377 e. The van der Waals surface area contributed by atoms with E-state index in [1.165, 1.54) is 12.1 Å². The van der Waals surface area contributed by atoms with E-state index in [2.05, 4.69) is 4.72 Å². The molecule has 0 saturated carbocycles. The molecule has 0 aliphatic rings. The Balaban J connectivity index is 2.33. The van der Waals surface area contributed by atoms with Crippen LogP contribution in [-0.4, -0.2) is 22.5 Å². The molecule has 0 amide bonds. The number of anilines is 2. The van der Waals surface area contributed by atoms with Gasteiger partial charge in [-0.25, -0.2) is 12.8 Å². The highest BCUT2D eigenvalue weighted by molar-refractivity contribution is 7.92. The third-order valence-electron chi connectivity index (χ3n) is 3.07. The summed E-state index contributed by atoms with van der Waals surface area (Å²) < 4.78 is 39.8. The summed E-state index contributed by atoms with van der Waals surface area (Å²) >= 11 is 0. The lowest BCUT2D eigenvalue weighted by Gasteiger charge is -2.17. The predicted octanol–water partition coefficient (Wildman–Crippen LogP) is 3.00. The van der Waals surface area contributed by atoms with Crippen LogP contribution in [0.5, 0.6) is 0 Å². The minimum Gasteiger partial charge on any atom is -0.377 e. The molecular weight excluding hydrogens is 291 g/mol. The van der Waals surface area contributed by atoms with Crippen LogP contribution >= 0.6 is 0 Å². The van der Waals surface area contributed by atoms with E-state index in [1.54, 1.807) is 12.1 Å². The standard InChI is InChI=1S/C15H17FN2O2S/c1-11-4-7-13(10-15(11)18(2)3)17-21(19,20)14-8-5-12(16)6-9-14/h4-10,17H,1-3H3. The molecule has 112 valence electrons. The number of hydrogen-bond donors (Lipinski definition) is 1. The van der Waals surface area contributed by atoms with Crippen LogP contribution in [0.4, 0.5) is 15.8 Å². The van der Waals surface area contributed by atoms with Gasteiger partial charge in [0.2, 0.25) is 0 Å². The molecule has 0 radical (unpaired) electrons. The van der Waals surface area contributed by atoms with E-state index in [0.29, 0.717) is 5.69 Å². The lowest BCUT2D eigenvalue weighted by Crippen LogP contribution is -2.15. The molecular formula is C15H17FN2O2S. The van der Waals surface area contributed by atoms with Crippen molar-refractivity contribution in [3.63, 3.8) is 0 Å². The molecule has 4 nitrogen and oxygen atoms in total. The molecule has 2 rings (SSSR count). The first kappa shape index (κ1) is 15.3. The normalized spacial score (nSPS) is 11.2. The summed E-state index contributed by atoms with van der Waals surface area (Å²) in [6, 6.07) is 10.0. The van der Waals surface area contributed by atoms with Gasteiger partial charge in [0.05, 0.1) is 10.6 Å². The number of aryl methyl sites for hydroxylation is 1. The Labute approximate surface area is 124 Å². The van der Waals surface area contributed by atoms with Gasteiger partial charge in [0.1, 0.15) is 5.82 Å². The summed E-state index contributed by atoms with van der Waals surface area (Å²) in [7, 11) is 0.0584. The van der Waals surface area contributed by atoms with E-state index in [9.17, 15) is 12.8 Å². The van der Waals surface area contributed by atoms with Gasteiger partial charge in [0, 0.05) is 19.8 Å². The average Bonchev–Trinajstić information content (AvgIpc) is 2.41. The number of halogens is 1. The van der Waals surface area contributed by atoms with Gasteiger partial charge < -0.3 is 4.90 Å². The summed E-state index contributed by atoms with van der Waals surface area (Å²) in [6.45, 7) is 1.95. The highest BCUT2D eigenvalue weighted by Gasteiger charge is 2.15. The van der Waals surface area contributed by atoms with Crippen molar-refractivity contribution in [3.8, 4) is 0 Å². The van der Waals surface area contributed by atoms with Crippen molar-refractivity contribution in [2.75, 3.05) is 23.7 Å². The number of nitrogens with one attached hydrogen (secondary N) is 1. The number of nitrogens with zero attached hydrogens (tertiary/aromatic N) is 1.